The summed E-state index contributed by atoms with van der Waals surface area (Å²) in [4.78, 5) is 37.7. The summed E-state index contributed by atoms with van der Waals surface area (Å²) in [6, 6.07) is 20.9. The lowest BCUT2D eigenvalue weighted by atomic mass is 10.1. The number of carbonyl (C=O) groups excluding carboxylic acids is 3. The van der Waals surface area contributed by atoms with Gasteiger partial charge in [-0.25, -0.2) is 0 Å². The Kier molecular flexibility index (Phi) is 12.7. The average Bonchev–Trinajstić information content (AvgIpc) is 3.32. The molecule has 10 heteroatoms. The predicted octanol–water partition coefficient (Wildman–Crippen LogP) is 6.40. The van der Waals surface area contributed by atoms with E-state index in [1.165, 1.54) is 28.7 Å². The zero-order chi connectivity index (χ0) is 29.1. The highest BCUT2D eigenvalue weighted by Gasteiger charge is 2.37. The fraction of sp³-hybridized carbons (Fsp3) is 0.300. The topological polar surface area (TPSA) is 98.9 Å². The molecule has 0 saturated heterocycles. The van der Waals surface area contributed by atoms with Gasteiger partial charge in [-0.2, -0.15) is 0 Å². The number of alkyl halides is 3. The molecule has 3 aromatic rings. The van der Waals surface area contributed by atoms with E-state index in [-0.39, 0.29) is 25.3 Å². The van der Waals surface area contributed by atoms with Crippen molar-refractivity contribution in [1.82, 2.24) is 4.90 Å². The average molecular weight is 739 g/mol. The summed E-state index contributed by atoms with van der Waals surface area (Å²) in [5.74, 6) is -0.829. The van der Waals surface area contributed by atoms with E-state index in [1.54, 1.807) is 18.2 Å². The lowest BCUT2D eigenvalue weighted by molar-refractivity contribution is -0.141. The number of ether oxygens (including phenoxy) is 2. The summed E-state index contributed by atoms with van der Waals surface area (Å²) >= 11 is 10.2. The zero-order valence-electron chi connectivity index (χ0n) is 22.1. The molecule has 4 rings (SSSR count). The lowest BCUT2D eigenvalue weighted by Gasteiger charge is -2.24. The molecule has 0 spiro atoms. The summed E-state index contributed by atoms with van der Waals surface area (Å²) < 4.78 is 10.6. The third kappa shape index (κ3) is 8.65. The summed E-state index contributed by atoms with van der Waals surface area (Å²) in [6.45, 7) is 0.552. The number of benzene rings is 3. The molecule has 1 aliphatic rings. The molecule has 212 valence electrons. The van der Waals surface area contributed by atoms with Gasteiger partial charge in [0, 0.05) is 33.5 Å². The van der Waals surface area contributed by atoms with E-state index in [2.05, 4.69) is 76.8 Å². The molecule has 1 heterocycles. The normalized spacial score (nSPS) is 12.7. The Morgan fingerprint density at radius 1 is 0.875 bits per heavy atom. The van der Waals surface area contributed by atoms with Crippen molar-refractivity contribution >= 4 is 65.6 Å². The van der Waals surface area contributed by atoms with Gasteiger partial charge >= 0.3 is 5.97 Å². The first kappa shape index (κ1) is 31.8. The minimum Gasteiger partial charge on any atom is -0.489 e. The van der Waals surface area contributed by atoms with E-state index in [1.807, 2.05) is 24.3 Å². The number of carbonyl (C=O) groups is 3. The Morgan fingerprint density at radius 3 is 1.88 bits per heavy atom. The number of primary amides is 1. The molecular weight excluding hydrogens is 708 g/mol. The van der Waals surface area contributed by atoms with Gasteiger partial charge in [0.15, 0.2) is 0 Å². The highest BCUT2D eigenvalue weighted by molar-refractivity contribution is 9.09. The van der Waals surface area contributed by atoms with E-state index in [4.69, 9.17) is 10.5 Å². The molecule has 0 aliphatic carbocycles. The molecule has 0 radical (unpaired) electrons. The van der Waals surface area contributed by atoms with Crippen LogP contribution >= 0.6 is 47.8 Å². The molecule has 0 saturated carbocycles. The van der Waals surface area contributed by atoms with Crippen LogP contribution in [0.15, 0.2) is 66.7 Å². The van der Waals surface area contributed by atoms with Gasteiger partial charge in [0.25, 0.3) is 5.91 Å². The number of nitrogens with zero attached hydrogens (tertiary/aromatic N) is 1. The Bertz CT molecular complexity index is 1280. The zero-order valence-corrected chi connectivity index (χ0v) is 26.8. The van der Waals surface area contributed by atoms with E-state index < -0.39 is 17.9 Å². The molecule has 0 unspecified atom stereocenters. The number of hydrogen-bond donors (Lipinski definition) is 1. The highest BCUT2D eigenvalue weighted by Crippen LogP contribution is 2.33. The Morgan fingerprint density at radius 2 is 1.40 bits per heavy atom. The molecule has 2 N–H and O–H groups in total. The van der Waals surface area contributed by atoms with Crippen molar-refractivity contribution < 1.29 is 23.9 Å². The molecular formula is C30H31Br3N2O5. The monoisotopic (exact) mass is 736 g/mol. The maximum Gasteiger partial charge on any atom is 0.305 e. The van der Waals surface area contributed by atoms with Crippen LogP contribution in [0.25, 0.3) is 0 Å². The van der Waals surface area contributed by atoms with Gasteiger partial charge in [-0.05, 0) is 40.8 Å². The first-order valence-corrected chi connectivity index (χ1v) is 15.9. The molecule has 40 heavy (non-hydrogen) atoms. The van der Waals surface area contributed by atoms with Gasteiger partial charge in [-0.3, -0.25) is 14.4 Å². The molecule has 1 atom stereocenters. The largest absolute Gasteiger partial charge is 0.489 e. The van der Waals surface area contributed by atoms with E-state index >= 15 is 0 Å². The Balaban J connectivity index is 0.000000371. The Labute approximate surface area is 259 Å². The van der Waals surface area contributed by atoms with Gasteiger partial charge < -0.3 is 20.1 Å². The van der Waals surface area contributed by atoms with Crippen LogP contribution in [0.1, 0.15) is 51.0 Å². The van der Waals surface area contributed by atoms with Crippen molar-refractivity contribution in [3.05, 3.63) is 100 Å². The maximum atomic E-state index is 12.9. The van der Waals surface area contributed by atoms with Crippen LogP contribution in [0, 0.1) is 0 Å². The molecule has 0 fully saturated rings. The fourth-order valence-corrected chi connectivity index (χ4v) is 5.25. The number of rotatable bonds is 11. The number of methoxy groups -OCH3 is 1. The first-order valence-electron chi connectivity index (χ1n) is 12.6. The van der Waals surface area contributed by atoms with Gasteiger partial charge in [0.2, 0.25) is 5.91 Å². The van der Waals surface area contributed by atoms with Crippen molar-refractivity contribution in [2.75, 3.05) is 7.11 Å². The number of fused-ring (bicyclic) bond motifs is 1. The van der Waals surface area contributed by atoms with Crippen LogP contribution in [-0.4, -0.2) is 35.8 Å². The second kappa shape index (κ2) is 15.9. The molecule has 0 aromatic heterocycles. The molecule has 3 aromatic carbocycles. The van der Waals surface area contributed by atoms with E-state index in [0.717, 1.165) is 21.6 Å². The minimum absolute atomic E-state index is 0.00200. The molecule has 2 amide bonds. The number of hydrogen-bond acceptors (Lipinski definition) is 5. The van der Waals surface area contributed by atoms with E-state index in [9.17, 15) is 14.4 Å². The number of halogens is 3. The van der Waals surface area contributed by atoms with Gasteiger partial charge in [-0.15, -0.1) is 0 Å². The first-order chi connectivity index (χ1) is 19.3. The summed E-state index contributed by atoms with van der Waals surface area (Å²) in [5, 5.41) is 2.67. The molecule has 7 nitrogen and oxygen atoms in total. The van der Waals surface area contributed by atoms with Crippen LogP contribution in [-0.2, 0) is 43.5 Å². The van der Waals surface area contributed by atoms with Crippen molar-refractivity contribution in [2.24, 2.45) is 5.73 Å². The molecule has 0 bridgehead atoms. The van der Waals surface area contributed by atoms with Gasteiger partial charge in [0.1, 0.15) is 18.4 Å². The smallest absolute Gasteiger partial charge is 0.305 e. The number of nitrogens with two attached hydrogens (primary N) is 1. The standard InChI is InChI=1S/C22H23BrN2O5.C8H8Br2/c1-29-20(26)10-9-18(21(24)27)25-12-17-16(22(25)28)3-2-4-19(17)30-13-15-7-5-14(11-23)6-8-15;9-5-7-1-2-8(6-10)4-3-7/h2-8,18H,9-13H2,1H3,(H2,24,27);1-4H,5-6H2/t18-;/m0./s1. The van der Waals surface area contributed by atoms with Crippen LogP contribution in [0.3, 0.4) is 0 Å². The van der Waals surface area contributed by atoms with Crippen LogP contribution in [0.5, 0.6) is 5.75 Å². The van der Waals surface area contributed by atoms with Crippen LogP contribution in [0.4, 0.5) is 0 Å². The second-order valence-corrected chi connectivity index (χ2v) is 10.8. The van der Waals surface area contributed by atoms with Gasteiger partial charge in [0.05, 0.1) is 13.7 Å². The predicted molar refractivity (Wildman–Crippen MR) is 166 cm³/mol. The number of amides is 2. The lowest BCUT2D eigenvalue weighted by Crippen LogP contribution is -2.45. The molecule has 1 aliphatic heterocycles. The van der Waals surface area contributed by atoms with Crippen molar-refractivity contribution in [2.45, 2.75) is 48.0 Å². The maximum absolute atomic E-state index is 12.9. The van der Waals surface area contributed by atoms with Crippen molar-refractivity contribution in [3.63, 3.8) is 0 Å². The Hall–Kier alpha value is -2.69. The third-order valence-electron chi connectivity index (χ3n) is 6.41. The summed E-state index contributed by atoms with van der Waals surface area (Å²) in [7, 11) is 1.27. The summed E-state index contributed by atoms with van der Waals surface area (Å²) in [6.07, 6.45) is 0.107. The quantitative estimate of drug-likeness (QED) is 0.182. The van der Waals surface area contributed by atoms with E-state index in [0.29, 0.717) is 23.5 Å². The SMILES string of the molecule is BrCc1ccc(CBr)cc1.COC(=O)CC[C@@H](C(N)=O)N1Cc2c(OCc3ccc(CBr)cc3)cccc2C1=O. The van der Waals surface area contributed by atoms with Crippen molar-refractivity contribution in [3.8, 4) is 5.75 Å². The number of esters is 1. The summed E-state index contributed by atoms with van der Waals surface area (Å²) in [5.41, 5.74) is 11.5. The second-order valence-electron chi connectivity index (χ2n) is 9.07. The third-order valence-corrected chi connectivity index (χ3v) is 8.35. The highest BCUT2D eigenvalue weighted by atomic mass is 79.9. The van der Waals surface area contributed by atoms with Gasteiger partial charge in [-0.1, -0.05) is 102 Å². The van der Waals surface area contributed by atoms with Crippen molar-refractivity contribution in [1.29, 1.82) is 0 Å². The minimum atomic E-state index is -0.895. The fourth-order valence-electron chi connectivity index (χ4n) is 4.12. The van der Waals surface area contributed by atoms with Crippen LogP contribution in [0.2, 0.25) is 0 Å². The van der Waals surface area contributed by atoms with Crippen LogP contribution < -0.4 is 10.5 Å².